The molecule has 1 aromatic rings. The Hall–Kier alpha value is -2.02. The number of ketones is 1. The lowest BCUT2D eigenvalue weighted by atomic mass is 9.83. The summed E-state index contributed by atoms with van der Waals surface area (Å²) in [7, 11) is 0. The molecule has 1 heterocycles. The molecule has 1 fully saturated rings. The van der Waals surface area contributed by atoms with Gasteiger partial charge in [0, 0.05) is 58.3 Å². The first-order chi connectivity index (χ1) is 13.6. The van der Waals surface area contributed by atoms with Gasteiger partial charge in [-0.2, -0.15) is 0 Å². The lowest BCUT2D eigenvalue weighted by Crippen LogP contribution is -2.47. The zero-order chi connectivity index (χ0) is 19.9. The van der Waals surface area contributed by atoms with Crippen molar-refractivity contribution < 1.29 is 15.0 Å². The van der Waals surface area contributed by atoms with Gasteiger partial charge in [0.1, 0.15) is 5.76 Å². The highest BCUT2D eigenvalue weighted by Crippen LogP contribution is 2.33. The van der Waals surface area contributed by atoms with Gasteiger partial charge in [0.15, 0.2) is 5.78 Å². The van der Waals surface area contributed by atoms with E-state index in [0.717, 1.165) is 44.8 Å². The summed E-state index contributed by atoms with van der Waals surface area (Å²) in [6.45, 7) is 8.33. The number of aryl methyl sites for hydroxylation is 1. The summed E-state index contributed by atoms with van der Waals surface area (Å²) < 4.78 is 0. The number of Topliss-reactive ketones (excluding diaryl/α,β-unsaturated/α-hetero) is 1. The van der Waals surface area contributed by atoms with Crippen molar-refractivity contribution in [1.29, 1.82) is 0 Å². The SMILES string of the molecule is Cc1ccc(C2CC(=O)C(C=NCCN3CCN(CCO)CC3)=C(O)C2)cc1. The van der Waals surface area contributed by atoms with Crippen molar-refractivity contribution in [1.82, 2.24) is 9.80 Å². The average Bonchev–Trinajstić information content (AvgIpc) is 2.68. The highest BCUT2D eigenvalue weighted by atomic mass is 16.3. The second-order valence-corrected chi connectivity index (χ2v) is 7.74. The van der Waals surface area contributed by atoms with Crippen LogP contribution in [0.25, 0.3) is 0 Å². The maximum absolute atomic E-state index is 12.5. The van der Waals surface area contributed by atoms with Crippen molar-refractivity contribution in [3.05, 3.63) is 46.7 Å². The number of piperazine rings is 1. The lowest BCUT2D eigenvalue weighted by molar-refractivity contribution is -0.116. The maximum Gasteiger partial charge on any atom is 0.168 e. The van der Waals surface area contributed by atoms with Crippen molar-refractivity contribution >= 4 is 12.0 Å². The van der Waals surface area contributed by atoms with Crippen LogP contribution < -0.4 is 0 Å². The molecule has 3 rings (SSSR count). The van der Waals surface area contributed by atoms with Crippen molar-refractivity contribution in [2.24, 2.45) is 4.99 Å². The highest BCUT2D eigenvalue weighted by molar-refractivity contribution is 6.14. The Bertz CT molecular complexity index is 719. The van der Waals surface area contributed by atoms with E-state index >= 15 is 0 Å². The largest absolute Gasteiger partial charge is 0.511 e. The van der Waals surface area contributed by atoms with E-state index in [1.54, 1.807) is 6.21 Å². The van der Waals surface area contributed by atoms with Crippen LogP contribution in [0.2, 0.25) is 0 Å². The molecule has 1 aliphatic carbocycles. The quantitative estimate of drug-likeness (QED) is 0.702. The molecule has 2 N–H and O–H groups in total. The number of hydrogen-bond donors (Lipinski definition) is 2. The number of aliphatic imine (C=N–C) groups is 1. The molecule has 0 spiro atoms. The Morgan fingerprint density at radius 3 is 2.32 bits per heavy atom. The van der Waals surface area contributed by atoms with E-state index < -0.39 is 0 Å². The second-order valence-electron chi connectivity index (χ2n) is 7.74. The number of benzene rings is 1. The number of allylic oxidation sites excluding steroid dienone is 2. The molecule has 1 aromatic carbocycles. The van der Waals surface area contributed by atoms with Crippen LogP contribution in [0.5, 0.6) is 0 Å². The second kappa shape index (κ2) is 9.96. The van der Waals surface area contributed by atoms with Gasteiger partial charge in [0.05, 0.1) is 18.7 Å². The Morgan fingerprint density at radius 1 is 1.07 bits per heavy atom. The van der Waals surface area contributed by atoms with Gasteiger partial charge in [-0.05, 0) is 18.4 Å². The summed E-state index contributed by atoms with van der Waals surface area (Å²) in [4.78, 5) is 21.5. The predicted molar refractivity (Wildman–Crippen MR) is 111 cm³/mol. The molecule has 1 aliphatic heterocycles. The van der Waals surface area contributed by atoms with Crippen LogP contribution in [0.3, 0.4) is 0 Å². The van der Waals surface area contributed by atoms with Crippen LogP contribution in [-0.4, -0.2) is 84.4 Å². The number of aliphatic hydroxyl groups excluding tert-OH is 2. The van der Waals surface area contributed by atoms with E-state index in [9.17, 15) is 9.90 Å². The van der Waals surface area contributed by atoms with Crippen LogP contribution in [-0.2, 0) is 4.79 Å². The van der Waals surface area contributed by atoms with E-state index in [2.05, 4.69) is 14.8 Å². The molecule has 0 bridgehead atoms. The van der Waals surface area contributed by atoms with Gasteiger partial charge in [-0.1, -0.05) is 29.8 Å². The minimum Gasteiger partial charge on any atom is -0.511 e. The minimum atomic E-state index is -0.0318. The number of β-amino-alcohol motifs (C(OH)–C–C–N with tert-alkyl or cyclic N) is 1. The Kier molecular flexibility index (Phi) is 7.36. The summed E-state index contributed by atoms with van der Waals surface area (Å²) in [6, 6.07) is 8.17. The first-order valence-electron chi connectivity index (χ1n) is 10.1. The Morgan fingerprint density at radius 2 is 1.71 bits per heavy atom. The minimum absolute atomic E-state index is 0.0318. The monoisotopic (exact) mass is 385 g/mol. The highest BCUT2D eigenvalue weighted by Gasteiger charge is 2.27. The molecule has 0 aromatic heterocycles. The maximum atomic E-state index is 12.5. The lowest BCUT2D eigenvalue weighted by Gasteiger charge is -2.33. The van der Waals surface area contributed by atoms with E-state index in [1.807, 2.05) is 31.2 Å². The summed E-state index contributed by atoms with van der Waals surface area (Å²) in [5.74, 6) is 0.166. The molecule has 0 amide bonds. The molecule has 152 valence electrons. The molecular formula is C22H31N3O3. The Balaban J connectivity index is 1.49. The van der Waals surface area contributed by atoms with Gasteiger partial charge in [-0.25, -0.2) is 0 Å². The van der Waals surface area contributed by atoms with Gasteiger partial charge in [-0.3, -0.25) is 19.6 Å². The standard InChI is InChI=1S/C22H31N3O3/c1-17-2-4-18(5-3-17)19-14-21(27)20(22(28)15-19)16-23-6-7-24-8-10-25(11-9-24)12-13-26/h2-5,16,19,26-27H,6-15H2,1H3. The number of carbonyl (C=O) groups excluding carboxylic acids is 1. The topological polar surface area (TPSA) is 76.4 Å². The molecule has 6 nitrogen and oxygen atoms in total. The number of rotatable bonds is 7. The van der Waals surface area contributed by atoms with E-state index in [4.69, 9.17) is 5.11 Å². The van der Waals surface area contributed by atoms with Gasteiger partial charge in [-0.15, -0.1) is 0 Å². The van der Waals surface area contributed by atoms with Crippen LogP contribution >= 0.6 is 0 Å². The normalized spacial score (nSPS) is 22.4. The molecule has 0 saturated carbocycles. The van der Waals surface area contributed by atoms with E-state index in [1.165, 1.54) is 5.56 Å². The van der Waals surface area contributed by atoms with Crippen molar-refractivity contribution in [2.75, 3.05) is 52.4 Å². The predicted octanol–water partition coefficient (Wildman–Crippen LogP) is 1.93. The molecule has 1 saturated heterocycles. The van der Waals surface area contributed by atoms with Crippen molar-refractivity contribution in [3.63, 3.8) is 0 Å². The average molecular weight is 386 g/mol. The zero-order valence-electron chi connectivity index (χ0n) is 16.7. The molecule has 6 heteroatoms. The summed E-state index contributed by atoms with van der Waals surface area (Å²) in [5.41, 5.74) is 2.66. The molecule has 2 aliphatic rings. The van der Waals surface area contributed by atoms with Crippen LogP contribution in [0, 0.1) is 6.92 Å². The number of aliphatic hydroxyl groups is 2. The first-order valence-corrected chi connectivity index (χ1v) is 10.1. The third kappa shape index (κ3) is 5.50. The molecular weight excluding hydrogens is 354 g/mol. The molecule has 1 unspecified atom stereocenters. The van der Waals surface area contributed by atoms with Gasteiger partial charge >= 0.3 is 0 Å². The van der Waals surface area contributed by atoms with Crippen LogP contribution in [0.15, 0.2) is 40.6 Å². The van der Waals surface area contributed by atoms with E-state index in [0.29, 0.717) is 25.0 Å². The molecule has 28 heavy (non-hydrogen) atoms. The number of nitrogens with zero attached hydrogens (tertiary/aromatic N) is 3. The van der Waals surface area contributed by atoms with Crippen LogP contribution in [0.1, 0.15) is 29.9 Å². The smallest absolute Gasteiger partial charge is 0.168 e. The number of hydrogen-bond acceptors (Lipinski definition) is 6. The fourth-order valence-electron chi connectivity index (χ4n) is 3.86. The zero-order valence-corrected chi connectivity index (χ0v) is 16.7. The molecule has 0 radical (unpaired) electrons. The third-order valence-electron chi connectivity index (χ3n) is 5.68. The van der Waals surface area contributed by atoms with Gasteiger partial charge < -0.3 is 10.2 Å². The van der Waals surface area contributed by atoms with Crippen LogP contribution in [0.4, 0.5) is 0 Å². The number of carbonyl (C=O) groups is 1. The molecule has 1 atom stereocenters. The van der Waals surface area contributed by atoms with Crippen molar-refractivity contribution in [3.8, 4) is 0 Å². The fourth-order valence-corrected chi connectivity index (χ4v) is 3.86. The summed E-state index contributed by atoms with van der Waals surface area (Å²) in [5, 5.41) is 19.4. The van der Waals surface area contributed by atoms with Gasteiger partial charge in [0.2, 0.25) is 0 Å². The Labute approximate surface area is 167 Å². The summed E-state index contributed by atoms with van der Waals surface area (Å²) >= 11 is 0. The summed E-state index contributed by atoms with van der Waals surface area (Å²) in [6.07, 6.45) is 2.47. The fraction of sp³-hybridized carbons (Fsp3) is 0.545. The van der Waals surface area contributed by atoms with Crippen molar-refractivity contribution in [2.45, 2.75) is 25.7 Å². The third-order valence-corrected chi connectivity index (χ3v) is 5.68. The first kappa shape index (κ1) is 20.7. The van der Waals surface area contributed by atoms with E-state index in [-0.39, 0.29) is 24.1 Å². The van der Waals surface area contributed by atoms with Gasteiger partial charge in [0.25, 0.3) is 0 Å².